The number of rotatable bonds is 3. The second-order valence-corrected chi connectivity index (χ2v) is 7.67. The average Bonchev–Trinajstić information content (AvgIpc) is 2.86. The zero-order chi connectivity index (χ0) is 16.6. The van der Waals surface area contributed by atoms with Crippen molar-refractivity contribution in [3.8, 4) is 5.75 Å². The highest BCUT2D eigenvalue weighted by molar-refractivity contribution is 7.90. The molecule has 0 amide bonds. The van der Waals surface area contributed by atoms with Gasteiger partial charge in [0.05, 0.1) is 16.7 Å². The largest absolute Gasteiger partial charge is 0.495 e. The fraction of sp³-hybridized carbons (Fsp3) is 0.188. The number of fused-ring (bicyclic) bond motifs is 1. The molecule has 0 saturated carbocycles. The molecule has 0 radical (unpaired) electrons. The lowest BCUT2D eigenvalue weighted by Crippen LogP contribution is -2.13. The monoisotopic (exact) mass is 348 g/mol. The third-order valence-electron chi connectivity index (χ3n) is 3.57. The second-order valence-electron chi connectivity index (χ2n) is 5.09. The van der Waals surface area contributed by atoms with Crippen LogP contribution in [0.25, 0.3) is 10.2 Å². The van der Waals surface area contributed by atoms with Crippen LogP contribution in [-0.2, 0) is 17.1 Å². The lowest BCUT2D eigenvalue weighted by molar-refractivity contribution is 0.417. The summed E-state index contributed by atoms with van der Waals surface area (Å²) in [5.74, 6) is 0.697. The molecule has 0 aliphatic carbocycles. The summed E-state index contributed by atoms with van der Waals surface area (Å²) in [4.78, 5) is 0.595. The van der Waals surface area contributed by atoms with Gasteiger partial charge in [-0.15, -0.1) is 4.40 Å². The zero-order valence-electron chi connectivity index (χ0n) is 13.0. The van der Waals surface area contributed by atoms with Gasteiger partial charge in [-0.3, -0.25) is 0 Å². The van der Waals surface area contributed by atoms with Crippen LogP contribution in [0.4, 0.5) is 0 Å². The van der Waals surface area contributed by atoms with E-state index in [1.807, 2.05) is 19.1 Å². The zero-order valence-corrected chi connectivity index (χ0v) is 14.6. The van der Waals surface area contributed by atoms with Crippen LogP contribution in [0.3, 0.4) is 0 Å². The van der Waals surface area contributed by atoms with Crippen LogP contribution in [0, 0.1) is 6.92 Å². The van der Waals surface area contributed by atoms with E-state index in [0.29, 0.717) is 10.6 Å². The number of thiazole rings is 1. The maximum absolute atomic E-state index is 12.5. The second kappa shape index (κ2) is 5.82. The predicted molar refractivity (Wildman–Crippen MR) is 91.3 cm³/mol. The fourth-order valence-electron chi connectivity index (χ4n) is 2.35. The van der Waals surface area contributed by atoms with Gasteiger partial charge in [0, 0.05) is 7.05 Å². The molecule has 120 valence electrons. The number of ether oxygens (including phenoxy) is 1. The summed E-state index contributed by atoms with van der Waals surface area (Å²) < 4.78 is 37.1. The van der Waals surface area contributed by atoms with E-state index in [9.17, 15) is 8.42 Å². The van der Waals surface area contributed by atoms with Crippen molar-refractivity contribution >= 4 is 31.6 Å². The van der Waals surface area contributed by atoms with Gasteiger partial charge >= 0.3 is 0 Å². The maximum Gasteiger partial charge on any atom is 0.285 e. The fourth-order valence-corrected chi connectivity index (χ4v) is 4.70. The number of hydrogen-bond donors (Lipinski definition) is 0. The number of hydrogen-bond acceptors (Lipinski definition) is 4. The molecule has 0 fully saturated rings. The van der Waals surface area contributed by atoms with E-state index in [1.54, 1.807) is 36.9 Å². The third-order valence-corrected chi connectivity index (χ3v) is 6.23. The van der Waals surface area contributed by atoms with Gasteiger partial charge in [0.15, 0.2) is 0 Å². The van der Waals surface area contributed by atoms with E-state index in [2.05, 4.69) is 4.40 Å². The molecule has 23 heavy (non-hydrogen) atoms. The van der Waals surface area contributed by atoms with Gasteiger partial charge in [-0.25, -0.2) is 0 Å². The van der Waals surface area contributed by atoms with Gasteiger partial charge in [0.25, 0.3) is 10.0 Å². The van der Waals surface area contributed by atoms with Crippen molar-refractivity contribution < 1.29 is 13.2 Å². The van der Waals surface area contributed by atoms with Gasteiger partial charge in [0.1, 0.15) is 11.3 Å². The summed E-state index contributed by atoms with van der Waals surface area (Å²) in [6.45, 7) is 1.98. The minimum absolute atomic E-state index is 0.182. The van der Waals surface area contributed by atoms with E-state index in [4.69, 9.17) is 4.74 Å². The Morgan fingerprint density at radius 1 is 1.13 bits per heavy atom. The Morgan fingerprint density at radius 2 is 1.83 bits per heavy atom. The molecule has 1 heterocycles. The summed E-state index contributed by atoms with van der Waals surface area (Å²) in [5, 5.41) is 0. The Kier molecular flexibility index (Phi) is 3.99. The first-order valence-electron chi connectivity index (χ1n) is 6.93. The van der Waals surface area contributed by atoms with Crippen LogP contribution < -0.4 is 9.54 Å². The summed E-state index contributed by atoms with van der Waals surface area (Å²) in [5.41, 5.74) is 1.90. The number of benzene rings is 2. The van der Waals surface area contributed by atoms with Gasteiger partial charge in [0.2, 0.25) is 4.80 Å². The molecular formula is C16H16N2O3S2. The molecule has 3 aromatic rings. The summed E-state index contributed by atoms with van der Waals surface area (Å²) >= 11 is 1.34. The lowest BCUT2D eigenvalue weighted by atomic mass is 10.2. The van der Waals surface area contributed by atoms with Crippen molar-refractivity contribution in [3.63, 3.8) is 0 Å². The molecule has 3 rings (SSSR count). The topological polar surface area (TPSA) is 60.7 Å². The molecule has 0 unspecified atom stereocenters. The average molecular weight is 348 g/mol. The van der Waals surface area contributed by atoms with Crippen molar-refractivity contribution in [2.75, 3.05) is 7.11 Å². The Bertz CT molecular complexity index is 1030. The standard InChI is InChI=1S/C16H16N2O3S2/c1-11-9-10-13(21-3)14-15(11)22-16(18(14)2)17-23(19,20)12-7-5-4-6-8-12/h4-10H,1-3H3. The van der Waals surface area contributed by atoms with Crippen LogP contribution in [0.5, 0.6) is 5.75 Å². The molecule has 0 saturated heterocycles. The number of sulfonamides is 1. The van der Waals surface area contributed by atoms with Crippen molar-refractivity contribution in [2.45, 2.75) is 11.8 Å². The highest BCUT2D eigenvalue weighted by atomic mass is 32.2. The van der Waals surface area contributed by atoms with Gasteiger partial charge in [-0.05, 0) is 30.7 Å². The minimum Gasteiger partial charge on any atom is -0.495 e. The minimum atomic E-state index is -3.74. The predicted octanol–water partition coefficient (Wildman–Crippen LogP) is 2.85. The Hall–Kier alpha value is -2.12. The first kappa shape index (κ1) is 15.8. The first-order chi connectivity index (χ1) is 10.9. The molecule has 0 aliphatic rings. The molecule has 7 heteroatoms. The summed E-state index contributed by atoms with van der Waals surface area (Å²) in [7, 11) is -0.354. The van der Waals surface area contributed by atoms with Crippen molar-refractivity contribution in [2.24, 2.45) is 11.4 Å². The maximum atomic E-state index is 12.5. The van der Waals surface area contributed by atoms with Crippen molar-refractivity contribution in [1.29, 1.82) is 0 Å². The van der Waals surface area contributed by atoms with Crippen molar-refractivity contribution in [1.82, 2.24) is 4.57 Å². The van der Waals surface area contributed by atoms with E-state index >= 15 is 0 Å². The normalized spacial score (nSPS) is 12.7. The van der Waals surface area contributed by atoms with Gasteiger partial charge in [-0.2, -0.15) is 8.42 Å². The molecule has 0 atom stereocenters. The van der Waals surface area contributed by atoms with E-state index < -0.39 is 10.0 Å². The lowest BCUT2D eigenvalue weighted by Gasteiger charge is -2.05. The number of nitrogens with zero attached hydrogens (tertiary/aromatic N) is 2. The number of aromatic nitrogens is 1. The van der Waals surface area contributed by atoms with Crippen LogP contribution >= 0.6 is 11.3 Å². The summed E-state index contributed by atoms with van der Waals surface area (Å²) in [6.07, 6.45) is 0. The van der Waals surface area contributed by atoms with Crippen LogP contribution in [0.1, 0.15) is 5.56 Å². The van der Waals surface area contributed by atoms with E-state index in [0.717, 1.165) is 15.8 Å². The number of methoxy groups -OCH3 is 1. The molecule has 1 aromatic heterocycles. The smallest absolute Gasteiger partial charge is 0.285 e. The Morgan fingerprint density at radius 3 is 2.48 bits per heavy atom. The van der Waals surface area contributed by atoms with E-state index in [1.165, 1.54) is 23.5 Å². The summed E-state index contributed by atoms with van der Waals surface area (Å²) in [6, 6.07) is 12.0. The van der Waals surface area contributed by atoms with Crippen LogP contribution in [-0.4, -0.2) is 20.1 Å². The first-order valence-corrected chi connectivity index (χ1v) is 9.19. The molecule has 0 N–H and O–H groups in total. The molecule has 0 bridgehead atoms. The Balaban J connectivity index is 2.29. The number of aryl methyl sites for hydroxylation is 2. The molecule has 2 aromatic carbocycles. The Labute approximate surface area is 138 Å². The van der Waals surface area contributed by atoms with E-state index in [-0.39, 0.29) is 4.90 Å². The van der Waals surface area contributed by atoms with Crippen LogP contribution in [0.2, 0.25) is 0 Å². The quantitative estimate of drug-likeness (QED) is 0.731. The molecule has 0 spiro atoms. The molecule has 0 aliphatic heterocycles. The van der Waals surface area contributed by atoms with Gasteiger partial charge < -0.3 is 9.30 Å². The highest BCUT2D eigenvalue weighted by Crippen LogP contribution is 2.29. The highest BCUT2D eigenvalue weighted by Gasteiger charge is 2.15. The van der Waals surface area contributed by atoms with Crippen LogP contribution in [0.15, 0.2) is 51.8 Å². The third kappa shape index (κ3) is 2.77. The van der Waals surface area contributed by atoms with Crippen molar-refractivity contribution in [3.05, 3.63) is 52.8 Å². The molecular weight excluding hydrogens is 332 g/mol. The molecule has 5 nitrogen and oxygen atoms in total. The SMILES string of the molecule is COc1ccc(C)c2sc(=NS(=O)(=O)c3ccccc3)n(C)c12. The van der Waals surface area contributed by atoms with Gasteiger partial charge in [-0.1, -0.05) is 35.6 Å².